The Balaban J connectivity index is 1.97. The van der Waals surface area contributed by atoms with E-state index >= 15 is 0 Å². The third-order valence-electron chi connectivity index (χ3n) is 5.04. The predicted octanol–water partition coefficient (Wildman–Crippen LogP) is 5.99. The number of hydrogen-bond acceptors (Lipinski definition) is 2. The molecule has 0 fully saturated rings. The third kappa shape index (κ3) is 2.22. The molecule has 3 heteroatoms. The van der Waals surface area contributed by atoms with Crippen molar-refractivity contribution < 1.29 is 0 Å². The first-order valence-electron chi connectivity index (χ1n) is 8.84. The summed E-state index contributed by atoms with van der Waals surface area (Å²) in [5.74, 6) is 0. The minimum atomic E-state index is 0.938. The largest absolute Gasteiger partial charge is 0.292 e. The second-order valence-electron chi connectivity index (χ2n) is 6.46. The van der Waals surface area contributed by atoms with Gasteiger partial charge >= 0.3 is 0 Å². The molecule has 0 radical (unpaired) electrons. The van der Waals surface area contributed by atoms with E-state index in [0.717, 1.165) is 49.8 Å². The van der Waals surface area contributed by atoms with Gasteiger partial charge in [-0.25, -0.2) is 4.98 Å². The number of nitrogens with zero attached hydrogens (tertiary/aromatic N) is 3. The molecule has 5 rings (SSSR count). The number of para-hydroxylation sites is 2. The van der Waals surface area contributed by atoms with Gasteiger partial charge in [0.1, 0.15) is 5.65 Å². The number of hydrogen-bond donors (Lipinski definition) is 0. The Morgan fingerprint density at radius 3 is 2.41 bits per heavy atom. The molecular formula is C24H17N3. The van der Waals surface area contributed by atoms with Crippen molar-refractivity contribution in [2.75, 3.05) is 0 Å². The van der Waals surface area contributed by atoms with Crippen LogP contribution in [0.4, 0.5) is 0 Å². The summed E-state index contributed by atoms with van der Waals surface area (Å²) in [6.45, 7) is 8.13. The SMILES string of the molecule is C=Cc1c(C=C)n2c3ccccc3nc2c2ccc(-c3ccncc3)cc12. The van der Waals surface area contributed by atoms with Crippen LogP contribution in [0.15, 0.2) is 80.1 Å². The summed E-state index contributed by atoms with van der Waals surface area (Å²) in [7, 11) is 0. The second kappa shape index (κ2) is 5.92. The van der Waals surface area contributed by atoms with Gasteiger partial charge in [-0.15, -0.1) is 0 Å². The van der Waals surface area contributed by atoms with E-state index in [-0.39, 0.29) is 0 Å². The molecule has 2 aromatic carbocycles. The van der Waals surface area contributed by atoms with E-state index in [9.17, 15) is 0 Å². The molecule has 27 heavy (non-hydrogen) atoms. The standard InChI is InChI=1S/C24H17N3/c1-3-18-20-15-17(16-11-13-25-14-12-16)9-10-19(20)24-26-21-7-5-6-8-23(21)27(24)22(18)4-2/h3-15H,1-2H2. The average Bonchev–Trinajstić information content (AvgIpc) is 3.12. The molecule has 0 aliphatic carbocycles. The van der Waals surface area contributed by atoms with Crippen molar-refractivity contribution in [2.24, 2.45) is 0 Å². The Morgan fingerprint density at radius 2 is 1.63 bits per heavy atom. The fraction of sp³-hybridized carbons (Fsp3) is 0. The van der Waals surface area contributed by atoms with Gasteiger partial charge in [-0.3, -0.25) is 9.38 Å². The number of aromatic nitrogens is 3. The molecule has 3 aromatic heterocycles. The average molecular weight is 347 g/mol. The molecule has 0 saturated heterocycles. The van der Waals surface area contributed by atoms with Crippen molar-refractivity contribution in [1.82, 2.24) is 14.4 Å². The summed E-state index contributed by atoms with van der Waals surface area (Å²) in [5, 5.41) is 2.22. The van der Waals surface area contributed by atoms with Crippen LogP contribution in [0.5, 0.6) is 0 Å². The molecule has 0 unspecified atom stereocenters. The van der Waals surface area contributed by atoms with Gasteiger partial charge in [-0.05, 0) is 59.0 Å². The lowest BCUT2D eigenvalue weighted by Gasteiger charge is -2.13. The van der Waals surface area contributed by atoms with E-state index in [1.54, 1.807) is 0 Å². The second-order valence-corrected chi connectivity index (χ2v) is 6.46. The molecule has 3 heterocycles. The zero-order chi connectivity index (χ0) is 18.4. The zero-order valence-corrected chi connectivity index (χ0v) is 14.8. The molecule has 128 valence electrons. The highest BCUT2D eigenvalue weighted by atomic mass is 15.0. The van der Waals surface area contributed by atoms with E-state index in [1.807, 2.05) is 54.9 Å². The molecule has 0 spiro atoms. The van der Waals surface area contributed by atoms with Crippen molar-refractivity contribution in [3.05, 3.63) is 91.4 Å². The number of benzene rings is 2. The Bertz CT molecular complexity index is 1340. The van der Waals surface area contributed by atoms with Crippen LogP contribution in [0.25, 0.3) is 50.7 Å². The molecule has 3 nitrogen and oxygen atoms in total. The monoisotopic (exact) mass is 347 g/mol. The molecule has 0 bridgehead atoms. The molecular weight excluding hydrogens is 330 g/mol. The van der Waals surface area contributed by atoms with Crippen molar-refractivity contribution in [2.45, 2.75) is 0 Å². The lowest BCUT2D eigenvalue weighted by Crippen LogP contribution is -1.97. The first-order valence-corrected chi connectivity index (χ1v) is 8.84. The summed E-state index contributed by atoms with van der Waals surface area (Å²) in [6.07, 6.45) is 7.42. The Hall–Kier alpha value is -3.72. The van der Waals surface area contributed by atoms with Crippen molar-refractivity contribution >= 4 is 39.6 Å². The normalized spacial score (nSPS) is 11.3. The molecule has 0 atom stereocenters. The maximum Gasteiger partial charge on any atom is 0.146 e. The van der Waals surface area contributed by atoms with Gasteiger partial charge in [0.15, 0.2) is 0 Å². The fourth-order valence-electron chi connectivity index (χ4n) is 3.81. The van der Waals surface area contributed by atoms with E-state index < -0.39 is 0 Å². The first kappa shape index (κ1) is 15.5. The van der Waals surface area contributed by atoms with E-state index in [0.29, 0.717) is 0 Å². The van der Waals surface area contributed by atoms with Crippen molar-refractivity contribution in [3.8, 4) is 11.1 Å². The Kier molecular flexibility index (Phi) is 3.41. The summed E-state index contributed by atoms with van der Waals surface area (Å²) >= 11 is 0. The molecule has 0 aliphatic rings. The van der Waals surface area contributed by atoms with Crippen molar-refractivity contribution in [1.29, 1.82) is 0 Å². The molecule has 0 amide bonds. The van der Waals surface area contributed by atoms with Gasteiger partial charge in [0.2, 0.25) is 0 Å². The molecule has 5 aromatic rings. The van der Waals surface area contributed by atoms with Crippen molar-refractivity contribution in [3.63, 3.8) is 0 Å². The first-order chi connectivity index (χ1) is 13.3. The molecule has 0 aliphatic heterocycles. The lowest BCUT2D eigenvalue weighted by atomic mass is 9.98. The van der Waals surface area contributed by atoms with Crippen LogP contribution in [0, 0.1) is 0 Å². The quantitative estimate of drug-likeness (QED) is 0.401. The van der Waals surface area contributed by atoms with Crippen LogP contribution in [0.1, 0.15) is 11.3 Å². The topological polar surface area (TPSA) is 30.2 Å². The third-order valence-corrected chi connectivity index (χ3v) is 5.04. The van der Waals surface area contributed by atoms with Gasteiger partial charge < -0.3 is 0 Å². The summed E-state index contributed by atoms with van der Waals surface area (Å²) in [6, 6.07) is 18.7. The number of pyridine rings is 2. The molecule has 0 saturated carbocycles. The zero-order valence-electron chi connectivity index (χ0n) is 14.8. The highest BCUT2D eigenvalue weighted by Crippen LogP contribution is 2.34. The van der Waals surface area contributed by atoms with Gasteiger partial charge in [0.25, 0.3) is 0 Å². The number of fused-ring (bicyclic) bond motifs is 5. The Labute approximate surface area is 156 Å². The maximum atomic E-state index is 4.90. The van der Waals surface area contributed by atoms with Gasteiger partial charge in [-0.2, -0.15) is 0 Å². The van der Waals surface area contributed by atoms with E-state index in [4.69, 9.17) is 4.98 Å². The van der Waals surface area contributed by atoms with Gasteiger partial charge in [0.05, 0.1) is 16.7 Å². The Morgan fingerprint density at radius 1 is 0.815 bits per heavy atom. The van der Waals surface area contributed by atoms with Gasteiger partial charge in [0, 0.05) is 23.3 Å². The van der Waals surface area contributed by atoms with Crippen LogP contribution >= 0.6 is 0 Å². The molecule has 0 N–H and O–H groups in total. The minimum Gasteiger partial charge on any atom is -0.292 e. The number of imidazole rings is 1. The maximum absolute atomic E-state index is 4.90. The smallest absolute Gasteiger partial charge is 0.146 e. The fourth-order valence-corrected chi connectivity index (χ4v) is 3.81. The van der Waals surface area contributed by atoms with E-state index in [1.165, 1.54) is 0 Å². The summed E-state index contributed by atoms with van der Waals surface area (Å²) in [4.78, 5) is 9.02. The highest BCUT2D eigenvalue weighted by molar-refractivity contribution is 6.05. The number of rotatable bonds is 3. The lowest BCUT2D eigenvalue weighted by molar-refractivity contribution is 1.21. The summed E-state index contributed by atoms with van der Waals surface area (Å²) in [5.41, 5.74) is 7.33. The minimum absolute atomic E-state index is 0.938. The van der Waals surface area contributed by atoms with E-state index in [2.05, 4.69) is 46.8 Å². The van der Waals surface area contributed by atoms with Crippen LogP contribution in [-0.4, -0.2) is 14.4 Å². The highest BCUT2D eigenvalue weighted by Gasteiger charge is 2.15. The predicted molar refractivity (Wildman–Crippen MR) is 114 cm³/mol. The van der Waals surface area contributed by atoms with Gasteiger partial charge in [-0.1, -0.05) is 37.4 Å². The summed E-state index contributed by atoms with van der Waals surface area (Å²) < 4.78 is 2.17. The van der Waals surface area contributed by atoms with Crippen LogP contribution in [0.3, 0.4) is 0 Å². The van der Waals surface area contributed by atoms with Crippen LogP contribution < -0.4 is 0 Å². The van der Waals surface area contributed by atoms with Crippen LogP contribution in [0.2, 0.25) is 0 Å². The van der Waals surface area contributed by atoms with Crippen LogP contribution in [-0.2, 0) is 0 Å².